The van der Waals surface area contributed by atoms with Crippen LogP contribution in [-0.4, -0.2) is 135 Å². The third-order valence-corrected chi connectivity index (χ3v) is 8.56. The maximum atomic E-state index is 13.1. The number of nitrogens with two attached hydrogens (primary N) is 1. The lowest BCUT2D eigenvalue weighted by molar-refractivity contribution is -0.143. The minimum atomic E-state index is -1.28. The fourth-order valence-electron chi connectivity index (χ4n) is 4.69. The predicted octanol–water partition coefficient (Wildman–Crippen LogP) is -3.33. The number of carboxylic acid groups (broad SMARTS) is 1. The van der Waals surface area contributed by atoms with Gasteiger partial charge in [0.1, 0.15) is 30.2 Å². The second kappa shape index (κ2) is 17.8. The number of nitrogens with one attached hydrogen (secondary N) is 4. The zero-order valence-corrected chi connectivity index (χ0v) is 26.9. The number of aliphatic carboxylic acids is 1. The number of thiol groups is 4. The van der Waals surface area contributed by atoms with Crippen LogP contribution < -0.4 is 27.0 Å². The van der Waals surface area contributed by atoms with Crippen molar-refractivity contribution in [3.63, 3.8) is 0 Å². The summed E-state index contributed by atoms with van der Waals surface area (Å²) in [5.74, 6) is -5.03. The molecule has 6 amide bonds. The van der Waals surface area contributed by atoms with E-state index in [-0.39, 0.29) is 36.1 Å². The zero-order valence-electron chi connectivity index (χ0n) is 23.3. The Bertz CT molecular complexity index is 1070. The van der Waals surface area contributed by atoms with Gasteiger partial charge in [-0.1, -0.05) is 0 Å². The Kier molecular flexibility index (Phi) is 15.3. The number of amides is 6. The Balaban J connectivity index is 1.96. The first-order valence-electron chi connectivity index (χ1n) is 13.6. The first-order chi connectivity index (χ1) is 20.4. The first kappa shape index (κ1) is 36.8. The Morgan fingerprint density at radius 2 is 1.26 bits per heavy atom. The van der Waals surface area contributed by atoms with Crippen LogP contribution in [0.3, 0.4) is 0 Å². The molecule has 15 nitrogen and oxygen atoms in total. The molecule has 2 aliphatic rings. The molecule has 0 aromatic rings. The number of hydrogen-bond acceptors (Lipinski definition) is 12. The van der Waals surface area contributed by atoms with E-state index in [1.165, 1.54) is 9.80 Å². The van der Waals surface area contributed by atoms with Gasteiger partial charge in [0, 0.05) is 36.1 Å². The summed E-state index contributed by atoms with van der Waals surface area (Å²) >= 11 is 16.1. The predicted molar refractivity (Wildman–Crippen MR) is 169 cm³/mol. The molecule has 0 bridgehead atoms. The Labute approximate surface area is 271 Å². The van der Waals surface area contributed by atoms with E-state index >= 15 is 0 Å². The molecule has 19 heteroatoms. The molecule has 2 heterocycles. The zero-order chi connectivity index (χ0) is 32.3. The van der Waals surface area contributed by atoms with E-state index in [9.17, 15) is 33.6 Å². The van der Waals surface area contributed by atoms with Gasteiger partial charge in [-0.25, -0.2) is 4.79 Å². The molecule has 0 aromatic carbocycles. The van der Waals surface area contributed by atoms with Crippen LogP contribution in [0.5, 0.6) is 0 Å². The lowest BCUT2D eigenvalue weighted by atomic mass is 10.1. The lowest BCUT2D eigenvalue weighted by Crippen LogP contribution is -2.58. The summed E-state index contributed by atoms with van der Waals surface area (Å²) in [7, 11) is 0. The monoisotopic (exact) mass is 681 g/mol. The van der Waals surface area contributed by atoms with Crippen molar-refractivity contribution in [2.45, 2.75) is 61.9 Å². The fourth-order valence-corrected chi connectivity index (χ4v) is 5.61. The summed E-state index contributed by atoms with van der Waals surface area (Å²) in [5.41, 5.74) is 5.67. The highest BCUT2D eigenvalue weighted by Gasteiger charge is 2.39. The SMILES string of the molecule is N[C@@H](CS)C(=O)N[C@@H](CS)C(=O)N1CCC[C@H]1C(=O)NCC(=O)N1CCC[C@H]1C(=O)N[C@@H](CS)C(=O)N[C@@H](CS)C(=O)O. The van der Waals surface area contributed by atoms with Crippen molar-refractivity contribution >= 4 is 91.9 Å². The maximum Gasteiger partial charge on any atom is 0.327 e. The van der Waals surface area contributed by atoms with Crippen molar-refractivity contribution < 1.29 is 38.7 Å². The number of carbonyl (C=O) groups excluding carboxylic acids is 6. The summed E-state index contributed by atoms with van der Waals surface area (Å²) in [6.07, 6.45) is 1.72. The molecule has 2 fully saturated rings. The molecule has 0 spiro atoms. The molecule has 2 rings (SSSR count). The topological polar surface area (TPSA) is 220 Å². The van der Waals surface area contributed by atoms with Gasteiger partial charge in [0.2, 0.25) is 35.4 Å². The van der Waals surface area contributed by atoms with Crippen LogP contribution in [0.15, 0.2) is 0 Å². The molecular weight excluding hydrogens is 643 g/mol. The largest absolute Gasteiger partial charge is 0.480 e. The van der Waals surface area contributed by atoms with Crippen LogP contribution in [0.2, 0.25) is 0 Å². The van der Waals surface area contributed by atoms with Crippen molar-refractivity contribution in [1.82, 2.24) is 31.1 Å². The van der Waals surface area contributed by atoms with Gasteiger partial charge in [0.25, 0.3) is 0 Å². The summed E-state index contributed by atoms with van der Waals surface area (Å²) in [4.78, 5) is 90.6. The average molecular weight is 682 g/mol. The molecule has 0 aliphatic carbocycles. The second-order valence-electron chi connectivity index (χ2n) is 10.0. The maximum absolute atomic E-state index is 13.1. The van der Waals surface area contributed by atoms with Crippen molar-refractivity contribution in [3.05, 3.63) is 0 Å². The van der Waals surface area contributed by atoms with Gasteiger partial charge in [-0.15, -0.1) is 0 Å². The van der Waals surface area contributed by atoms with E-state index in [2.05, 4.69) is 71.8 Å². The molecule has 2 saturated heterocycles. The smallest absolute Gasteiger partial charge is 0.327 e. The molecule has 7 N–H and O–H groups in total. The third kappa shape index (κ3) is 10.1. The normalized spacial score (nSPS) is 20.9. The summed E-state index contributed by atoms with van der Waals surface area (Å²) in [6, 6.07) is -6.10. The lowest BCUT2D eigenvalue weighted by Gasteiger charge is -2.29. The first-order valence-corrected chi connectivity index (χ1v) is 16.1. The molecule has 0 aromatic heterocycles. The number of likely N-dealkylation sites (tertiary alicyclic amines) is 2. The molecular formula is C24H39N7O8S4. The third-order valence-electron chi connectivity index (χ3n) is 7.07. The quantitative estimate of drug-likeness (QED) is 0.0781. The van der Waals surface area contributed by atoms with Crippen molar-refractivity contribution in [1.29, 1.82) is 0 Å². The van der Waals surface area contributed by atoms with Crippen molar-refractivity contribution in [2.75, 3.05) is 42.6 Å². The van der Waals surface area contributed by atoms with E-state index in [4.69, 9.17) is 10.8 Å². The van der Waals surface area contributed by atoms with E-state index in [0.717, 1.165) is 0 Å². The van der Waals surface area contributed by atoms with Gasteiger partial charge in [0.05, 0.1) is 12.6 Å². The van der Waals surface area contributed by atoms with E-state index in [1.807, 2.05) is 0 Å². The summed E-state index contributed by atoms with van der Waals surface area (Å²) in [6.45, 7) is 0.0968. The molecule has 43 heavy (non-hydrogen) atoms. The van der Waals surface area contributed by atoms with Crippen LogP contribution >= 0.6 is 50.5 Å². The van der Waals surface area contributed by atoms with Crippen LogP contribution in [0.1, 0.15) is 25.7 Å². The number of carbonyl (C=O) groups is 7. The molecule has 0 unspecified atom stereocenters. The van der Waals surface area contributed by atoms with Gasteiger partial charge < -0.3 is 41.9 Å². The van der Waals surface area contributed by atoms with Crippen molar-refractivity contribution in [3.8, 4) is 0 Å². The van der Waals surface area contributed by atoms with Crippen LogP contribution in [0.25, 0.3) is 0 Å². The van der Waals surface area contributed by atoms with Crippen LogP contribution in [0, 0.1) is 0 Å². The molecule has 0 saturated carbocycles. The molecule has 242 valence electrons. The second-order valence-corrected chi connectivity index (χ2v) is 11.5. The van der Waals surface area contributed by atoms with Gasteiger partial charge in [0.15, 0.2) is 0 Å². The highest BCUT2D eigenvalue weighted by Crippen LogP contribution is 2.20. The van der Waals surface area contributed by atoms with Gasteiger partial charge in [-0.05, 0) is 25.7 Å². The van der Waals surface area contributed by atoms with Gasteiger partial charge >= 0.3 is 5.97 Å². The summed E-state index contributed by atoms with van der Waals surface area (Å²) < 4.78 is 0. The Morgan fingerprint density at radius 1 is 0.721 bits per heavy atom. The Hall–Kier alpha value is -2.35. The number of rotatable bonds is 15. The molecule has 0 radical (unpaired) electrons. The van der Waals surface area contributed by atoms with Gasteiger partial charge in [-0.2, -0.15) is 50.5 Å². The minimum absolute atomic E-state index is 0.0172. The van der Waals surface area contributed by atoms with E-state index < -0.39 is 84.2 Å². The standard InChI is InChI=1S/C24H39N7O8S4/c25-12(8-40)19(33)28-14(10-42)23(37)31-6-2-3-16(31)21(35)26-7-18(32)30-5-1-4-17(30)22(36)27-13(9-41)20(34)29-15(11-43)24(38)39/h12-17,40-43H,1-11,25H2,(H,26,35)(H,27,36)(H,28,33)(H,29,34)(H,38,39)/t12-,13-,14-,15-,16-,17-/m0/s1. The number of carboxylic acids is 1. The van der Waals surface area contributed by atoms with Gasteiger partial charge in [-0.3, -0.25) is 28.8 Å². The minimum Gasteiger partial charge on any atom is -0.480 e. The fraction of sp³-hybridized carbons (Fsp3) is 0.708. The highest BCUT2D eigenvalue weighted by atomic mass is 32.1. The highest BCUT2D eigenvalue weighted by molar-refractivity contribution is 7.80. The molecule has 6 atom stereocenters. The van der Waals surface area contributed by atoms with E-state index in [1.54, 1.807) is 0 Å². The number of nitrogens with zero attached hydrogens (tertiary/aromatic N) is 2. The van der Waals surface area contributed by atoms with Crippen LogP contribution in [0.4, 0.5) is 0 Å². The van der Waals surface area contributed by atoms with Crippen LogP contribution in [-0.2, 0) is 33.6 Å². The molecule has 2 aliphatic heterocycles. The Morgan fingerprint density at radius 3 is 1.79 bits per heavy atom. The van der Waals surface area contributed by atoms with E-state index in [0.29, 0.717) is 25.7 Å². The summed E-state index contributed by atoms with van der Waals surface area (Å²) in [5, 5.41) is 19.0. The number of hydrogen-bond donors (Lipinski definition) is 10. The van der Waals surface area contributed by atoms with Crippen molar-refractivity contribution in [2.24, 2.45) is 5.73 Å². The average Bonchev–Trinajstić information content (AvgIpc) is 3.69.